The smallest absolute Gasteiger partial charge is 0.0736 e. The maximum atomic E-state index is 6.30. The lowest BCUT2D eigenvalue weighted by molar-refractivity contribution is -0.0733. The molecular weight excluding hydrogens is 344 g/mol. The third-order valence-electron chi connectivity index (χ3n) is 5.89. The first kappa shape index (κ1) is 18.1. The summed E-state index contributed by atoms with van der Waals surface area (Å²) in [5.74, 6) is 0.639. The van der Waals surface area contributed by atoms with E-state index in [1.54, 1.807) is 17.5 Å². The Morgan fingerprint density at radius 3 is 2.96 bits per heavy atom. The number of hydrogen-bond acceptors (Lipinski definition) is 5. The summed E-state index contributed by atoms with van der Waals surface area (Å²) in [6.45, 7) is 5.74. The monoisotopic (exact) mass is 372 g/mol. The van der Waals surface area contributed by atoms with Gasteiger partial charge in [0.1, 0.15) is 0 Å². The van der Waals surface area contributed by atoms with Crippen molar-refractivity contribution in [3.8, 4) is 0 Å². The molecule has 26 heavy (non-hydrogen) atoms. The van der Waals surface area contributed by atoms with Crippen molar-refractivity contribution in [3.05, 3.63) is 52.5 Å². The number of piperidine rings is 1. The van der Waals surface area contributed by atoms with Crippen LogP contribution in [0.25, 0.3) is 0 Å². The van der Waals surface area contributed by atoms with Gasteiger partial charge in [0.25, 0.3) is 0 Å². The van der Waals surface area contributed by atoms with Gasteiger partial charge in [0.05, 0.1) is 12.2 Å². The second kappa shape index (κ2) is 8.61. The Labute approximate surface area is 160 Å². The molecule has 2 saturated heterocycles. The third-order valence-corrected chi connectivity index (χ3v) is 6.62. The average Bonchev–Trinajstić information content (AvgIpc) is 3.32. The fourth-order valence-electron chi connectivity index (χ4n) is 4.37. The molecule has 2 aliphatic heterocycles. The molecule has 0 saturated carbocycles. The number of hydrogen-bond donors (Lipinski definition) is 0. The van der Waals surface area contributed by atoms with Crippen LogP contribution in [-0.2, 0) is 22.6 Å². The fraction of sp³-hybridized carbons (Fsp3) is 0.571. The normalized spacial score (nSPS) is 22.8. The molecule has 4 nitrogen and oxygen atoms in total. The molecule has 4 rings (SSSR count). The molecule has 0 radical (unpaired) electrons. The standard InChI is InChI=1S/C21H28N2O2S/c1-2-18(14-22-8-1)16-24-11-3-20-4-12-25-21(20)6-9-23(10-7-21)15-19-5-13-26-17-19/h1-2,5,8,13-14,17,20H,3-4,6-7,9-12,15-16H2. The van der Waals surface area contributed by atoms with Crippen molar-refractivity contribution in [1.82, 2.24) is 9.88 Å². The van der Waals surface area contributed by atoms with Gasteiger partial charge >= 0.3 is 0 Å². The van der Waals surface area contributed by atoms with Gasteiger partial charge in [-0.3, -0.25) is 9.88 Å². The minimum atomic E-state index is 0.100. The number of thiophene rings is 1. The molecular formula is C21H28N2O2S. The van der Waals surface area contributed by atoms with Crippen LogP contribution in [0.15, 0.2) is 41.4 Å². The van der Waals surface area contributed by atoms with Gasteiger partial charge in [0.15, 0.2) is 0 Å². The van der Waals surface area contributed by atoms with Gasteiger partial charge in [-0.25, -0.2) is 0 Å². The molecule has 1 unspecified atom stereocenters. The molecule has 0 aliphatic carbocycles. The number of aromatic nitrogens is 1. The van der Waals surface area contributed by atoms with E-state index in [-0.39, 0.29) is 5.60 Å². The molecule has 5 heteroatoms. The summed E-state index contributed by atoms with van der Waals surface area (Å²) < 4.78 is 12.2. The van der Waals surface area contributed by atoms with E-state index in [4.69, 9.17) is 9.47 Å². The van der Waals surface area contributed by atoms with Crippen LogP contribution in [0.1, 0.15) is 36.8 Å². The Kier molecular flexibility index (Phi) is 6.00. The van der Waals surface area contributed by atoms with E-state index in [2.05, 4.69) is 32.8 Å². The molecule has 140 valence electrons. The summed E-state index contributed by atoms with van der Waals surface area (Å²) in [5, 5.41) is 4.43. The van der Waals surface area contributed by atoms with Crippen LogP contribution in [-0.4, -0.2) is 41.8 Å². The number of ether oxygens (including phenoxy) is 2. The second-order valence-corrected chi connectivity index (χ2v) is 8.29. The summed E-state index contributed by atoms with van der Waals surface area (Å²) in [4.78, 5) is 6.71. The van der Waals surface area contributed by atoms with E-state index in [0.717, 1.165) is 57.7 Å². The molecule has 4 heterocycles. The van der Waals surface area contributed by atoms with E-state index in [0.29, 0.717) is 12.5 Å². The Hall–Kier alpha value is -1.27. The Morgan fingerprint density at radius 1 is 1.27 bits per heavy atom. The predicted octanol–water partition coefficient (Wildman–Crippen LogP) is 4.12. The minimum absolute atomic E-state index is 0.100. The van der Waals surface area contributed by atoms with Crippen LogP contribution in [0.4, 0.5) is 0 Å². The lowest BCUT2D eigenvalue weighted by atomic mass is 9.78. The van der Waals surface area contributed by atoms with Crippen molar-refractivity contribution in [1.29, 1.82) is 0 Å². The zero-order valence-electron chi connectivity index (χ0n) is 15.3. The first-order valence-corrected chi connectivity index (χ1v) is 10.6. The lowest BCUT2D eigenvalue weighted by Gasteiger charge is -2.42. The molecule has 1 spiro atoms. The predicted molar refractivity (Wildman–Crippen MR) is 104 cm³/mol. The van der Waals surface area contributed by atoms with Crippen LogP contribution in [0.5, 0.6) is 0 Å². The highest BCUT2D eigenvalue weighted by atomic mass is 32.1. The largest absolute Gasteiger partial charge is 0.377 e. The first-order valence-electron chi connectivity index (χ1n) is 9.68. The topological polar surface area (TPSA) is 34.6 Å². The highest BCUT2D eigenvalue weighted by molar-refractivity contribution is 7.07. The Bertz CT molecular complexity index is 654. The summed E-state index contributed by atoms with van der Waals surface area (Å²) in [6.07, 6.45) is 8.28. The summed E-state index contributed by atoms with van der Waals surface area (Å²) in [6, 6.07) is 6.27. The van der Waals surface area contributed by atoms with Gasteiger partial charge < -0.3 is 9.47 Å². The van der Waals surface area contributed by atoms with Crippen molar-refractivity contribution in [2.75, 3.05) is 26.3 Å². The van der Waals surface area contributed by atoms with Crippen molar-refractivity contribution in [3.63, 3.8) is 0 Å². The van der Waals surface area contributed by atoms with Crippen molar-refractivity contribution in [2.24, 2.45) is 5.92 Å². The molecule has 0 aromatic carbocycles. The fourth-order valence-corrected chi connectivity index (χ4v) is 5.03. The molecule has 2 aromatic rings. The number of pyridine rings is 1. The Balaban J connectivity index is 1.23. The quantitative estimate of drug-likeness (QED) is 0.685. The molecule has 2 aromatic heterocycles. The highest BCUT2D eigenvalue weighted by Gasteiger charge is 2.45. The number of likely N-dealkylation sites (tertiary alicyclic amines) is 1. The van der Waals surface area contributed by atoms with Gasteiger partial charge in [-0.15, -0.1) is 0 Å². The van der Waals surface area contributed by atoms with Crippen molar-refractivity contribution >= 4 is 11.3 Å². The Morgan fingerprint density at radius 2 is 2.19 bits per heavy atom. The molecule has 0 N–H and O–H groups in total. The van der Waals surface area contributed by atoms with E-state index in [9.17, 15) is 0 Å². The van der Waals surface area contributed by atoms with E-state index < -0.39 is 0 Å². The van der Waals surface area contributed by atoms with Crippen molar-refractivity contribution in [2.45, 2.75) is 44.4 Å². The van der Waals surface area contributed by atoms with Gasteiger partial charge in [-0.05, 0) is 65.6 Å². The molecule has 0 bridgehead atoms. The van der Waals surface area contributed by atoms with Crippen LogP contribution in [0, 0.1) is 5.92 Å². The first-order chi connectivity index (χ1) is 12.8. The molecule has 2 aliphatic rings. The molecule has 2 fully saturated rings. The van der Waals surface area contributed by atoms with Crippen LogP contribution >= 0.6 is 11.3 Å². The van der Waals surface area contributed by atoms with E-state index >= 15 is 0 Å². The van der Waals surface area contributed by atoms with Gasteiger partial charge in [0, 0.05) is 45.2 Å². The van der Waals surface area contributed by atoms with Crippen LogP contribution < -0.4 is 0 Å². The number of rotatable bonds is 7. The zero-order valence-corrected chi connectivity index (χ0v) is 16.1. The minimum Gasteiger partial charge on any atom is -0.377 e. The average molecular weight is 373 g/mol. The zero-order chi connectivity index (χ0) is 17.7. The SMILES string of the molecule is c1cncc(COCCC2CCOC23CCN(Cc2ccsc2)CC3)c1. The second-order valence-electron chi connectivity index (χ2n) is 7.51. The number of nitrogens with zero attached hydrogens (tertiary/aromatic N) is 2. The maximum absolute atomic E-state index is 6.30. The summed E-state index contributed by atoms with van der Waals surface area (Å²) >= 11 is 1.79. The third kappa shape index (κ3) is 4.34. The van der Waals surface area contributed by atoms with Gasteiger partial charge in [0.2, 0.25) is 0 Å². The summed E-state index contributed by atoms with van der Waals surface area (Å²) in [7, 11) is 0. The lowest BCUT2D eigenvalue weighted by Crippen LogP contribution is -2.47. The van der Waals surface area contributed by atoms with Crippen molar-refractivity contribution < 1.29 is 9.47 Å². The maximum Gasteiger partial charge on any atom is 0.0736 e. The highest BCUT2D eigenvalue weighted by Crippen LogP contribution is 2.42. The van der Waals surface area contributed by atoms with E-state index in [1.165, 1.54) is 12.0 Å². The van der Waals surface area contributed by atoms with Gasteiger partial charge in [-0.2, -0.15) is 11.3 Å². The van der Waals surface area contributed by atoms with Crippen LogP contribution in [0.3, 0.4) is 0 Å². The van der Waals surface area contributed by atoms with E-state index in [1.807, 2.05) is 12.3 Å². The summed E-state index contributed by atoms with van der Waals surface area (Å²) in [5.41, 5.74) is 2.69. The van der Waals surface area contributed by atoms with Crippen LogP contribution in [0.2, 0.25) is 0 Å². The molecule has 1 atom stereocenters. The molecule has 0 amide bonds. The van der Waals surface area contributed by atoms with Gasteiger partial charge in [-0.1, -0.05) is 6.07 Å².